The first-order valence-corrected chi connectivity index (χ1v) is 11.2. The molecule has 0 atom stereocenters. The van der Waals surface area contributed by atoms with Gasteiger partial charge in [-0.3, -0.25) is 0 Å². The number of aliphatic carboxylic acids is 1. The molecule has 5 nitrogen and oxygen atoms in total. The quantitative estimate of drug-likeness (QED) is 0.208. The van der Waals surface area contributed by atoms with Crippen molar-refractivity contribution >= 4 is 45.5 Å². The molecule has 0 aliphatic rings. The van der Waals surface area contributed by atoms with Crippen LogP contribution in [0, 0.1) is 11.2 Å². The van der Waals surface area contributed by atoms with Gasteiger partial charge in [-0.05, 0) is 24.6 Å². The van der Waals surface area contributed by atoms with Gasteiger partial charge in [0.1, 0.15) is 11.5 Å². The topological polar surface area (TPSA) is 86.1 Å². The molecule has 2 aromatic carbocycles. The van der Waals surface area contributed by atoms with Gasteiger partial charge in [0.05, 0.1) is 9.90 Å². The summed E-state index contributed by atoms with van der Waals surface area (Å²) in [6.07, 6.45) is 0. The zero-order chi connectivity index (χ0) is 22.5. The van der Waals surface area contributed by atoms with Crippen molar-refractivity contribution in [3.05, 3.63) is 71.7 Å². The Bertz CT molecular complexity index is 1140. The molecule has 0 spiro atoms. The number of thioether (sulfide) groups is 1. The Morgan fingerprint density at radius 2 is 1.90 bits per heavy atom. The molecular formula is C23H22FN3O2S2. The first-order chi connectivity index (χ1) is 14.8. The minimum absolute atomic E-state index is 0.00659. The molecule has 0 saturated carbocycles. The molecule has 8 heteroatoms. The smallest absolute Gasteiger partial charge is 0.353 e. The lowest BCUT2D eigenvalue weighted by Crippen LogP contribution is -2.16. The van der Waals surface area contributed by atoms with Crippen LogP contribution in [0.15, 0.2) is 64.5 Å². The third-order valence-corrected chi connectivity index (χ3v) is 6.35. The highest BCUT2D eigenvalue weighted by Crippen LogP contribution is 2.40. The molecule has 3 aromatic rings. The van der Waals surface area contributed by atoms with Crippen molar-refractivity contribution in [1.82, 2.24) is 4.98 Å². The maximum absolute atomic E-state index is 13.8. The normalized spacial score (nSPS) is 11.9. The van der Waals surface area contributed by atoms with Crippen LogP contribution in [-0.2, 0) is 4.79 Å². The average Bonchev–Trinajstić information content (AvgIpc) is 3.09. The van der Waals surface area contributed by atoms with Crippen LogP contribution in [0.25, 0.3) is 16.8 Å². The first kappa shape index (κ1) is 22.7. The minimum Gasteiger partial charge on any atom is -0.477 e. The van der Waals surface area contributed by atoms with E-state index in [0.717, 1.165) is 15.5 Å². The van der Waals surface area contributed by atoms with E-state index in [4.69, 9.17) is 5.41 Å². The maximum Gasteiger partial charge on any atom is 0.353 e. The van der Waals surface area contributed by atoms with Crippen molar-refractivity contribution in [3.8, 4) is 11.3 Å². The predicted octanol–water partition coefficient (Wildman–Crippen LogP) is 6.40. The number of halogens is 1. The average molecular weight is 456 g/mol. The standard InChI is InChI=1S/C23H22FN3O2S2/c1-13(2)30-22-19(15-8-5-4-6-9-15)26-23(31-22)27-20(21(28)29)18(14(3)25)16-10-7-11-17(24)12-16/h4-13,25H,1-3H3,(H,26,27)(H,28,29)/b20-18+,25-14?. The van der Waals surface area contributed by atoms with Crippen molar-refractivity contribution in [2.24, 2.45) is 0 Å². The minimum atomic E-state index is -1.25. The Labute approximate surface area is 188 Å². The molecule has 0 aliphatic carbocycles. The number of thiazole rings is 1. The van der Waals surface area contributed by atoms with E-state index in [9.17, 15) is 14.3 Å². The van der Waals surface area contributed by atoms with Crippen molar-refractivity contribution in [2.75, 3.05) is 5.32 Å². The van der Waals surface area contributed by atoms with E-state index in [2.05, 4.69) is 24.1 Å². The van der Waals surface area contributed by atoms with Gasteiger partial charge >= 0.3 is 5.97 Å². The summed E-state index contributed by atoms with van der Waals surface area (Å²) >= 11 is 3.00. The summed E-state index contributed by atoms with van der Waals surface area (Å²) < 4.78 is 14.7. The van der Waals surface area contributed by atoms with Gasteiger partial charge in [0.2, 0.25) is 0 Å². The Hall–Kier alpha value is -2.97. The first-order valence-electron chi connectivity index (χ1n) is 9.55. The van der Waals surface area contributed by atoms with Gasteiger partial charge in [0, 0.05) is 22.1 Å². The molecule has 1 aromatic heterocycles. The highest BCUT2D eigenvalue weighted by atomic mass is 32.2. The lowest BCUT2D eigenvalue weighted by molar-refractivity contribution is -0.132. The zero-order valence-electron chi connectivity index (χ0n) is 17.3. The van der Waals surface area contributed by atoms with Crippen molar-refractivity contribution in [1.29, 1.82) is 5.41 Å². The van der Waals surface area contributed by atoms with Crippen molar-refractivity contribution in [3.63, 3.8) is 0 Å². The van der Waals surface area contributed by atoms with E-state index in [-0.39, 0.29) is 17.0 Å². The van der Waals surface area contributed by atoms with Crippen LogP contribution in [0.2, 0.25) is 0 Å². The summed E-state index contributed by atoms with van der Waals surface area (Å²) in [5.74, 6) is -1.75. The molecule has 0 radical (unpaired) electrons. The lowest BCUT2D eigenvalue weighted by atomic mass is 9.99. The van der Waals surface area contributed by atoms with E-state index < -0.39 is 11.8 Å². The number of carbonyl (C=O) groups is 1. The van der Waals surface area contributed by atoms with E-state index in [1.54, 1.807) is 17.8 Å². The molecule has 0 saturated heterocycles. The van der Waals surface area contributed by atoms with E-state index in [1.165, 1.54) is 36.5 Å². The second kappa shape index (κ2) is 9.89. The zero-order valence-corrected chi connectivity index (χ0v) is 18.9. The molecule has 160 valence electrons. The molecule has 0 amide bonds. The molecule has 0 aliphatic heterocycles. The van der Waals surface area contributed by atoms with Crippen LogP contribution in [-0.4, -0.2) is 27.0 Å². The van der Waals surface area contributed by atoms with Gasteiger partial charge in [-0.15, -0.1) is 11.8 Å². The van der Waals surface area contributed by atoms with Crippen LogP contribution < -0.4 is 5.32 Å². The molecule has 0 fully saturated rings. The molecule has 31 heavy (non-hydrogen) atoms. The number of hydrogen-bond acceptors (Lipinski definition) is 6. The van der Waals surface area contributed by atoms with E-state index in [1.807, 2.05) is 30.3 Å². The molecule has 0 bridgehead atoms. The van der Waals surface area contributed by atoms with Crippen LogP contribution in [0.1, 0.15) is 26.3 Å². The Morgan fingerprint density at radius 1 is 1.19 bits per heavy atom. The lowest BCUT2D eigenvalue weighted by Gasteiger charge is -2.12. The Morgan fingerprint density at radius 3 is 2.48 bits per heavy atom. The maximum atomic E-state index is 13.8. The van der Waals surface area contributed by atoms with Gasteiger partial charge in [-0.1, -0.05) is 67.6 Å². The number of nitrogens with one attached hydrogen (secondary N) is 2. The fraction of sp³-hybridized carbons (Fsp3) is 0.174. The number of allylic oxidation sites excluding steroid dienone is 1. The largest absolute Gasteiger partial charge is 0.477 e. The number of carboxylic acid groups (broad SMARTS) is 1. The number of benzene rings is 2. The second-order valence-corrected chi connectivity index (χ2v) is 9.85. The number of aromatic nitrogens is 1. The predicted molar refractivity (Wildman–Crippen MR) is 127 cm³/mol. The fourth-order valence-electron chi connectivity index (χ4n) is 2.95. The monoisotopic (exact) mass is 455 g/mol. The number of anilines is 1. The number of nitrogens with zero attached hydrogens (tertiary/aromatic N) is 1. The van der Waals surface area contributed by atoms with Gasteiger partial charge in [-0.2, -0.15) is 0 Å². The molecular weight excluding hydrogens is 433 g/mol. The molecule has 0 unspecified atom stereocenters. The summed E-state index contributed by atoms with van der Waals surface area (Å²) in [6, 6.07) is 15.2. The summed E-state index contributed by atoms with van der Waals surface area (Å²) in [4.78, 5) is 16.8. The van der Waals surface area contributed by atoms with Gasteiger partial charge in [-0.25, -0.2) is 14.2 Å². The Balaban J connectivity index is 2.11. The molecule has 1 heterocycles. The third kappa shape index (κ3) is 5.59. The summed E-state index contributed by atoms with van der Waals surface area (Å²) in [5.41, 5.74) is 1.93. The van der Waals surface area contributed by atoms with Crippen molar-refractivity contribution < 1.29 is 14.3 Å². The van der Waals surface area contributed by atoms with Gasteiger partial charge in [0.25, 0.3) is 0 Å². The second-order valence-electron chi connectivity index (χ2n) is 7.00. The van der Waals surface area contributed by atoms with Gasteiger partial charge in [0.15, 0.2) is 5.13 Å². The van der Waals surface area contributed by atoms with E-state index in [0.29, 0.717) is 15.9 Å². The SMILES string of the molecule is CC(=N)/C(=C(\Nc1nc(-c2ccccc2)c(SC(C)C)s1)C(=O)O)c1cccc(F)c1. The Kier molecular flexibility index (Phi) is 7.25. The van der Waals surface area contributed by atoms with Crippen LogP contribution in [0.3, 0.4) is 0 Å². The number of rotatable bonds is 8. The van der Waals surface area contributed by atoms with E-state index >= 15 is 0 Å². The highest BCUT2D eigenvalue weighted by molar-refractivity contribution is 8.01. The molecule has 3 N–H and O–H groups in total. The number of carboxylic acids is 1. The fourth-order valence-corrected chi connectivity index (χ4v) is 5.39. The highest BCUT2D eigenvalue weighted by Gasteiger charge is 2.22. The van der Waals surface area contributed by atoms with Crippen molar-refractivity contribution in [2.45, 2.75) is 30.2 Å². The van der Waals surface area contributed by atoms with Gasteiger partial charge < -0.3 is 15.8 Å². The number of hydrogen-bond donors (Lipinski definition) is 3. The summed E-state index contributed by atoms with van der Waals surface area (Å²) in [7, 11) is 0. The van der Waals surface area contributed by atoms with Crippen LogP contribution >= 0.6 is 23.1 Å². The van der Waals surface area contributed by atoms with Crippen LogP contribution in [0.4, 0.5) is 9.52 Å². The summed E-state index contributed by atoms with van der Waals surface area (Å²) in [5, 5.41) is 21.6. The molecule has 3 rings (SSSR count). The van der Waals surface area contributed by atoms with Crippen LogP contribution in [0.5, 0.6) is 0 Å². The summed E-state index contributed by atoms with van der Waals surface area (Å²) in [6.45, 7) is 5.63. The third-order valence-electron chi connectivity index (χ3n) is 4.17.